The molecule has 3 rings (SSSR count). The van der Waals surface area contributed by atoms with Crippen LogP contribution in [0.15, 0.2) is 17.8 Å². The van der Waals surface area contributed by atoms with Gasteiger partial charge in [0.2, 0.25) is 11.8 Å². The monoisotopic (exact) mass is 389 g/mol. The van der Waals surface area contributed by atoms with Crippen LogP contribution in [0.3, 0.4) is 0 Å². The zero-order valence-corrected chi connectivity index (χ0v) is 17.2. The van der Waals surface area contributed by atoms with Gasteiger partial charge in [-0.15, -0.1) is 11.3 Å². The number of carbonyl (C=O) groups is 2. The maximum atomic E-state index is 12.7. The van der Waals surface area contributed by atoms with Gasteiger partial charge in [0.25, 0.3) is 0 Å². The fourth-order valence-electron chi connectivity index (χ4n) is 3.03. The number of thiazole rings is 1. The van der Waals surface area contributed by atoms with Crippen molar-refractivity contribution in [1.29, 1.82) is 0 Å². The van der Waals surface area contributed by atoms with Crippen LogP contribution in [0.4, 0.5) is 5.13 Å². The van der Waals surface area contributed by atoms with Crippen molar-refractivity contribution in [1.82, 2.24) is 19.7 Å². The third-order valence-corrected chi connectivity index (χ3v) is 5.45. The molecule has 7 nitrogen and oxygen atoms in total. The van der Waals surface area contributed by atoms with E-state index in [9.17, 15) is 9.59 Å². The van der Waals surface area contributed by atoms with E-state index in [0.717, 1.165) is 24.9 Å². The van der Waals surface area contributed by atoms with Crippen molar-refractivity contribution in [2.24, 2.45) is 5.41 Å². The molecule has 3 heterocycles. The lowest BCUT2D eigenvalue weighted by atomic mass is 9.96. The van der Waals surface area contributed by atoms with E-state index in [0.29, 0.717) is 17.4 Å². The summed E-state index contributed by atoms with van der Waals surface area (Å²) in [6, 6.07) is 0.230. The zero-order valence-electron chi connectivity index (χ0n) is 16.4. The minimum atomic E-state index is -0.477. The van der Waals surface area contributed by atoms with Crippen LogP contribution in [0.5, 0.6) is 0 Å². The molecule has 1 atom stereocenters. The van der Waals surface area contributed by atoms with Gasteiger partial charge in [0.05, 0.1) is 24.4 Å². The summed E-state index contributed by atoms with van der Waals surface area (Å²) in [7, 11) is 0. The van der Waals surface area contributed by atoms with Crippen molar-refractivity contribution in [3.63, 3.8) is 0 Å². The second-order valence-corrected chi connectivity index (χ2v) is 9.02. The lowest BCUT2D eigenvalue weighted by Crippen LogP contribution is -2.41. The van der Waals surface area contributed by atoms with Crippen LogP contribution in [0.1, 0.15) is 50.9 Å². The van der Waals surface area contributed by atoms with Gasteiger partial charge in [-0.25, -0.2) is 4.98 Å². The van der Waals surface area contributed by atoms with Gasteiger partial charge in [0.1, 0.15) is 0 Å². The van der Waals surface area contributed by atoms with Gasteiger partial charge in [-0.05, 0) is 25.3 Å². The van der Waals surface area contributed by atoms with E-state index in [-0.39, 0.29) is 24.3 Å². The Hall–Kier alpha value is -2.22. The molecule has 2 aromatic heterocycles. The summed E-state index contributed by atoms with van der Waals surface area (Å²) >= 11 is 1.35. The maximum absolute atomic E-state index is 12.7. The fraction of sp³-hybridized carbons (Fsp3) is 0.579. The smallest absolute Gasteiger partial charge is 0.231 e. The summed E-state index contributed by atoms with van der Waals surface area (Å²) in [6.07, 6.45) is 6.14. The number of hydrogen-bond donors (Lipinski definition) is 1. The Balaban J connectivity index is 1.58. The number of aryl methyl sites for hydroxylation is 1. The molecular weight excluding hydrogens is 362 g/mol. The predicted molar refractivity (Wildman–Crippen MR) is 106 cm³/mol. The molecule has 0 unspecified atom stereocenters. The molecule has 27 heavy (non-hydrogen) atoms. The number of likely N-dealkylation sites (tertiary alicyclic amines) is 1. The SMILES string of the molecule is Cc1cnn([C@@H]2CCCN(C(=O)Cc3csc(NC(=O)C(C)(C)C)n3)C2)c1. The van der Waals surface area contributed by atoms with Crippen molar-refractivity contribution in [2.75, 3.05) is 18.4 Å². The van der Waals surface area contributed by atoms with Crippen LogP contribution in [-0.4, -0.2) is 44.6 Å². The van der Waals surface area contributed by atoms with Gasteiger partial charge >= 0.3 is 0 Å². The number of nitrogens with zero attached hydrogens (tertiary/aromatic N) is 4. The summed E-state index contributed by atoms with van der Waals surface area (Å²) in [4.78, 5) is 31.1. The molecule has 1 N–H and O–H groups in total. The molecule has 1 saturated heterocycles. The van der Waals surface area contributed by atoms with Gasteiger partial charge in [0, 0.05) is 30.1 Å². The Morgan fingerprint density at radius 1 is 1.37 bits per heavy atom. The number of carbonyl (C=O) groups excluding carboxylic acids is 2. The summed E-state index contributed by atoms with van der Waals surface area (Å²) in [5, 5.41) is 9.60. The minimum absolute atomic E-state index is 0.0718. The highest BCUT2D eigenvalue weighted by Crippen LogP contribution is 2.24. The molecule has 0 saturated carbocycles. The summed E-state index contributed by atoms with van der Waals surface area (Å²) in [6.45, 7) is 9.04. The Morgan fingerprint density at radius 2 is 2.15 bits per heavy atom. The van der Waals surface area contributed by atoms with Gasteiger partial charge < -0.3 is 10.2 Å². The molecule has 146 valence electrons. The highest BCUT2D eigenvalue weighted by molar-refractivity contribution is 7.13. The van der Waals surface area contributed by atoms with Gasteiger partial charge in [-0.2, -0.15) is 5.10 Å². The van der Waals surface area contributed by atoms with E-state index in [4.69, 9.17) is 0 Å². The minimum Gasteiger partial charge on any atom is -0.340 e. The highest BCUT2D eigenvalue weighted by atomic mass is 32.1. The maximum Gasteiger partial charge on any atom is 0.231 e. The topological polar surface area (TPSA) is 80.1 Å². The molecule has 0 aliphatic carbocycles. The normalized spacial score (nSPS) is 17.8. The van der Waals surface area contributed by atoms with Crippen LogP contribution >= 0.6 is 11.3 Å². The number of piperidine rings is 1. The van der Waals surface area contributed by atoms with Gasteiger partial charge in [-0.3, -0.25) is 14.3 Å². The summed E-state index contributed by atoms with van der Waals surface area (Å²) in [5.74, 6) is -0.00862. The molecular formula is C19H27N5O2S. The van der Waals surface area contributed by atoms with Crippen molar-refractivity contribution < 1.29 is 9.59 Å². The Labute approximate surface area is 163 Å². The van der Waals surface area contributed by atoms with E-state index in [2.05, 4.69) is 15.4 Å². The van der Waals surface area contributed by atoms with Crippen molar-refractivity contribution >= 4 is 28.3 Å². The first kappa shape index (κ1) is 19.5. The summed E-state index contributed by atoms with van der Waals surface area (Å²) < 4.78 is 1.97. The Bertz CT molecular complexity index is 820. The number of amides is 2. The average Bonchev–Trinajstić information content (AvgIpc) is 3.23. The fourth-order valence-corrected chi connectivity index (χ4v) is 3.73. The number of anilines is 1. The first-order valence-electron chi connectivity index (χ1n) is 9.27. The van der Waals surface area contributed by atoms with Crippen LogP contribution in [0, 0.1) is 12.3 Å². The highest BCUT2D eigenvalue weighted by Gasteiger charge is 2.26. The molecule has 8 heteroatoms. The standard InChI is InChI=1S/C19H27N5O2S/c1-13-9-20-24(10-13)15-6-5-7-23(11-15)16(25)8-14-12-27-18(21-14)22-17(26)19(2,3)4/h9-10,12,15H,5-8,11H2,1-4H3,(H,21,22,26)/t15-/m1/s1. The third kappa shape index (κ3) is 4.94. The Kier molecular flexibility index (Phi) is 5.64. The first-order valence-corrected chi connectivity index (χ1v) is 10.1. The van der Waals surface area contributed by atoms with Crippen LogP contribution in [0.25, 0.3) is 0 Å². The molecule has 0 bridgehead atoms. The van der Waals surface area contributed by atoms with E-state index in [1.54, 1.807) is 0 Å². The predicted octanol–water partition coefficient (Wildman–Crippen LogP) is 3.04. The second kappa shape index (κ2) is 7.80. The van der Waals surface area contributed by atoms with Gasteiger partial charge in [0.15, 0.2) is 5.13 Å². The van der Waals surface area contributed by atoms with Crippen molar-refractivity contribution in [2.45, 2.75) is 53.0 Å². The number of nitrogens with one attached hydrogen (secondary N) is 1. The second-order valence-electron chi connectivity index (χ2n) is 8.16. The molecule has 1 aliphatic heterocycles. The molecule has 0 aromatic carbocycles. The van der Waals surface area contributed by atoms with E-state index in [1.807, 2.05) is 55.1 Å². The third-order valence-electron chi connectivity index (χ3n) is 4.64. The number of aromatic nitrogens is 3. The largest absolute Gasteiger partial charge is 0.340 e. The molecule has 0 radical (unpaired) electrons. The molecule has 0 spiro atoms. The summed E-state index contributed by atoms with van der Waals surface area (Å²) in [5.41, 5.74) is 1.35. The van der Waals surface area contributed by atoms with E-state index in [1.165, 1.54) is 11.3 Å². The molecule has 1 aliphatic rings. The lowest BCUT2D eigenvalue weighted by Gasteiger charge is -2.32. The average molecular weight is 390 g/mol. The first-order chi connectivity index (χ1) is 12.7. The quantitative estimate of drug-likeness (QED) is 0.872. The van der Waals surface area contributed by atoms with Crippen LogP contribution < -0.4 is 5.32 Å². The number of hydrogen-bond acceptors (Lipinski definition) is 5. The van der Waals surface area contributed by atoms with Crippen molar-refractivity contribution in [3.05, 3.63) is 29.0 Å². The molecule has 1 fully saturated rings. The number of rotatable bonds is 4. The zero-order chi connectivity index (χ0) is 19.6. The lowest BCUT2D eigenvalue weighted by molar-refractivity contribution is -0.132. The van der Waals surface area contributed by atoms with Crippen LogP contribution in [0.2, 0.25) is 0 Å². The van der Waals surface area contributed by atoms with Gasteiger partial charge in [-0.1, -0.05) is 20.8 Å². The van der Waals surface area contributed by atoms with E-state index < -0.39 is 5.41 Å². The van der Waals surface area contributed by atoms with Crippen molar-refractivity contribution in [3.8, 4) is 0 Å². The molecule has 2 amide bonds. The van der Waals surface area contributed by atoms with Crippen LogP contribution in [-0.2, 0) is 16.0 Å². The van der Waals surface area contributed by atoms with E-state index >= 15 is 0 Å². The Morgan fingerprint density at radius 3 is 2.81 bits per heavy atom. The molecule has 2 aromatic rings.